The second-order valence-electron chi connectivity index (χ2n) is 2.73. The minimum atomic E-state index is -2.23. The van der Waals surface area contributed by atoms with E-state index in [2.05, 4.69) is 6.58 Å². The van der Waals surface area contributed by atoms with E-state index in [1.807, 2.05) is 6.92 Å². The highest BCUT2D eigenvalue weighted by molar-refractivity contribution is 7.72. The first-order valence-electron chi connectivity index (χ1n) is 3.97. The molecule has 0 aliphatic heterocycles. The summed E-state index contributed by atoms with van der Waals surface area (Å²) in [6.07, 6.45) is 1.44. The van der Waals surface area contributed by atoms with Crippen molar-refractivity contribution in [3.05, 3.63) is 12.2 Å². The van der Waals surface area contributed by atoms with Crippen molar-refractivity contribution in [1.82, 2.24) is 0 Å². The zero-order valence-electron chi connectivity index (χ0n) is 7.41. The topological polar surface area (TPSA) is 43.4 Å². The monoisotopic (exact) mass is 192 g/mol. The fraction of sp³-hybridized carbons (Fsp3) is 0.750. The second-order valence-corrected chi connectivity index (χ2v) is 3.84. The van der Waals surface area contributed by atoms with E-state index in [9.17, 15) is 8.42 Å². The molecule has 0 aliphatic carbocycles. The molecule has 0 aromatic heterocycles. The maximum absolute atomic E-state index is 10.1. The van der Waals surface area contributed by atoms with Gasteiger partial charge >= 0.3 is 0 Å². The lowest BCUT2D eigenvalue weighted by molar-refractivity contribution is 0.138. The molecule has 0 spiro atoms. The van der Waals surface area contributed by atoms with Crippen LogP contribution in [0.1, 0.15) is 19.8 Å². The van der Waals surface area contributed by atoms with Crippen molar-refractivity contribution in [2.45, 2.75) is 19.8 Å². The molecule has 3 nitrogen and oxygen atoms in total. The van der Waals surface area contributed by atoms with Gasteiger partial charge in [-0.3, -0.25) is 0 Å². The molecule has 0 saturated heterocycles. The lowest BCUT2D eigenvalue weighted by Gasteiger charge is -2.01. The summed E-state index contributed by atoms with van der Waals surface area (Å²) in [5, 5.41) is 0. The summed E-state index contributed by atoms with van der Waals surface area (Å²) in [7, 11) is -2.23. The molecule has 0 atom stereocenters. The van der Waals surface area contributed by atoms with Crippen LogP contribution in [0.25, 0.3) is 0 Å². The van der Waals surface area contributed by atoms with Crippen LogP contribution in [0.3, 0.4) is 0 Å². The summed E-state index contributed by atoms with van der Waals surface area (Å²) >= 11 is 0. The van der Waals surface area contributed by atoms with E-state index < -0.39 is 10.7 Å². The van der Waals surface area contributed by atoms with Crippen molar-refractivity contribution in [2.24, 2.45) is 0 Å². The van der Waals surface area contributed by atoms with Crippen LogP contribution >= 0.6 is 0 Å². The molecule has 0 bridgehead atoms. The maximum Gasteiger partial charge on any atom is 0.140 e. The third-order valence-electron chi connectivity index (χ3n) is 1.30. The van der Waals surface area contributed by atoms with Gasteiger partial charge in [-0.05, 0) is 19.8 Å². The Balaban J connectivity index is 3.06. The average Bonchev–Trinajstić information content (AvgIpc) is 1.95. The Morgan fingerprint density at radius 3 is 2.58 bits per heavy atom. The number of thiol groups is 1. The van der Waals surface area contributed by atoms with Gasteiger partial charge in [0.2, 0.25) is 0 Å². The Hall–Kier alpha value is -0.350. The average molecular weight is 192 g/mol. The molecule has 0 heterocycles. The Kier molecular flexibility index (Phi) is 7.09. The van der Waals surface area contributed by atoms with Crippen LogP contribution in [0.15, 0.2) is 12.2 Å². The van der Waals surface area contributed by atoms with Gasteiger partial charge in [0.1, 0.15) is 10.7 Å². The molecule has 0 saturated carbocycles. The van der Waals surface area contributed by atoms with Crippen molar-refractivity contribution >= 4 is 10.7 Å². The molecule has 4 heteroatoms. The summed E-state index contributed by atoms with van der Waals surface area (Å²) in [5.74, 6) is 0.225. The third kappa shape index (κ3) is 9.65. The summed E-state index contributed by atoms with van der Waals surface area (Å²) in [5.41, 5.74) is 1.09. The zero-order chi connectivity index (χ0) is 9.40. The first-order chi connectivity index (χ1) is 5.63. The van der Waals surface area contributed by atoms with Crippen molar-refractivity contribution in [3.8, 4) is 0 Å². The van der Waals surface area contributed by atoms with Gasteiger partial charge in [-0.1, -0.05) is 5.57 Å². The predicted octanol–water partition coefficient (Wildman–Crippen LogP) is 0.971. The molecule has 12 heavy (non-hydrogen) atoms. The van der Waals surface area contributed by atoms with E-state index in [0.29, 0.717) is 19.6 Å². The smallest absolute Gasteiger partial charge is 0.140 e. The summed E-state index contributed by atoms with van der Waals surface area (Å²) in [4.78, 5) is 0. The van der Waals surface area contributed by atoms with Crippen molar-refractivity contribution in [2.75, 3.05) is 19.0 Å². The summed E-state index contributed by atoms with van der Waals surface area (Å²) in [6.45, 7) is 6.83. The van der Waals surface area contributed by atoms with E-state index in [-0.39, 0.29) is 5.75 Å². The molecule has 0 aliphatic rings. The molecular weight excluding hydrogens is 176 g/mol. The molecule has 0 N–H and O–H groups in total. The largest absolute Gasteiger partial charge is 0.381 e. The highest BCUT2D eigenvalue weighted by Gasteiger charge is 1.91. The number of ether oxygens (including phenoxy) is 1. The quantitative estimate of drug-likeness (QED) is 0.371. The lowest BCUT2D eigenvalue weighted by atomic mass is 10.3. The van der Waals surface area contributed by atoms with E-state index in [1.54, 1.807) is 0 Å². The van der Waals surface area contributed by atoms with Crippen LogP contribution < -0.4 is 0 Å². The molecule has 0 aromatic carbocycles. The zero-order valence-corrected chi connectivity index (χ0v) is 8.31. The fourth-order valence-electron chi connectivity index (χ4n) is 0.644. The van der Waals surface area contributed by atoms with Gasteiger partial charge in [-0.25, -0.2) is 8.42 Å². The minimum Gasteiger partial charge on any atom is -0.381 e. The molecular formula is C8H16O3S. The number of hydrogen-bond donors (Lipinski definition) is 1. The maximum atomic E-state index is 10.1. The summed E-state index contributed by atoms with van der Waals surface area (Å²) in [6, 6.07) is 0. The lowest BCUT2D eigenvalue weighted by Crippen LogP contribution is -2.00. The van der Waals surface area contributed by atoms with Crippen LogP contribution in [-0.2, 0) is 15.4 Å². The normalized spacial score (nSPS) is 10.5. The van der Waals surface area contributed by atoms with Crippen LogP contribution in [0.2, 0.25) is 0 Å². The van der Waals surface area contributed by atoms with E-state index in [0.717, 1.165) is 12.0 Å². The van der Waals surface area contributed by atoms with Gasteiger partial charge in [0.15, 0.2) is 0 Å². The highest BCUT2D eigenvalue weighted by Crippen LogP contribution is 1.95. The molecule has 0 unspecified atom stereocenters. The highest BCUT2D eigenvalue weighted by atomic mass is 32.2. The minimum absolute atomic E-state index is 0.225. The molecule has 0 amide bonds. The van der Waals surface area contributed by atoms with Crippen LogP contribution in [-0.4, -0.2) is 27.4 Å². The van der Waals surface area contributed by atoms with Gasteiger partial charge in [-0.2, -0.15) is 0 Å². The van der Waals surface area contributed by atoms with Gasteiger partial charge in [-0.15, -0.1) is 6.58 Å². The van der Waals surface area contributed by atoms with Crippen molar-refractivity contribution < 1.29 is 13.2 Å². The molecule has 72 valence electrons. The standard InChI is InChI=1S/C8H16O3S/c1-8(2)4-6-11-5-3-7-12(9)10/h12H,1,3-7H2,2H3. The van der Waals surface area contributed by atoms with Gasteiger partial charge in [0, 0.05) is 12.4 Å². The van der Waals surface area contributed by atoms with E-state index in [4.69, 9.17) is 4.74 Å². The Morgan fingerprint density at radius 1 is 1.42 bits per heavy atom. The molecule has 0 rings (SSSR count). The fourth-order valence-corrected chi connectivity index (χ4v) is 1.03. The predicted molar refractivity (Wildman–Crippen MR) is 50.0 cm³/mol. The molecule has 0 aromatic rings. The SMILES string of the molecule is C=C(C)CCOCCC[SH](=O)=O. The molecule has 0 fully saturated rings. The van der Waals surface area contributed by atoms with E-state index >= 15 is 0 Å². The summed E-state index contributed by atoms with van der Waals surface area (Å²) < 4.78 is 25.4. The third-order valence-corrected chi connectivity index (χ3v) is 1.98. The van der Waals surface area contributed by atoms with Crippen LogP contribution in [0.4, 0.5) is 0 Å². The van der Waals surface area contributed by atoms with Crippen LogP contribution in [0, 0.1) is 0 Å². The van der Waals surface area contributed by atoms with Gasteiger partial charge in [0.25, 0.3) is 0 Å². The Labute approximate surface area is 75.4 Å². The first kappa shape index (κ1) is 11.6. The number of hydrogen-bond acceptors (Lipinski definition) is 3. The Bertz CT molecular complexity index is 188. The van der Waals surface area contributed by atoms with E-state index in [1.165, 1.54) is 0 Å². The van der Waals surface area contributed by atoms with Crippen molar-refractivity contribution in [1.29, 1.82) is 0 Å². The molecule has 0 radical (unpaired) electrons. The van der Waals surface area contributed by atoms with Crippen LogP contribution in [0.5, 0.6) is 0 Å². The van der Waals surface area contributed by atoms with Crippen molar-refractivity contribution in [3.63, 3.8) is 0 Å². The number of rotatable bonds is 7. The second kappa shape index (κ2) is 7.31. The Morgan fingerprint density at radius 2 is 2.08 bits per heavy atom. The van der Waals surface area contributed by atoms with Gasteiger partial charge in [0.05, 0.1) is 6.61 Å². The first-order valence-corrected chi connectivity index (χ1v) is 5.33. The van der Waals surface area contributed by atoms with Gasteiger partial charge < -0.3 is 4.74 Å².